The molecule has 4 aromatic rings. The van der Waals surface area contributed by atoms with E-state index in [4.69, 9.17) is 32.5 Å². The number of rotatable bonds is 16. The van der Waals surface area contributed by atoms with Crippen molar-refractivity contribution in [2.24, 2.45) is 5.92 Å². The van der Waals surface area contributed by atoms with Gasteiger partial charge < -0.3 is 32.5 Å². The predicted molar refractivity (Wildman–Crippen MR) is 254 cm³/mol. The van der Waals surface area contributed by atoms with Crippen molar-refractivity contribution in [3.63, 3.8) is 0 Å². The fourth-order valence-corrected chi connectivity index (χ4v) is 19.9. The first-order valence-corrected chi connectivity index (χ1v) is 28.9. The van der Waals surface area contributed by atoms with Crippen LogP contribution < -0.4 is 15.1 Å². The van der Waals surface area contributed by atoms with E-state index in [-0.39, 0.29) is 47.7 Å². The molecule has 4 aromatic carbocycles. The number of methoxy groups -OCH3 is 1. The summed E-state index contributed by atoms with van der Waals surface area (Å²) in [6.45, 7) is 19.8. The summed E-state index contributed by atoms with van der Waals surface area (Å²) in [6, 6.07) is 38.6. The lowest BCUT2D eigenvalue weighted by Gasteiger charge is -2.46. The summed E-state index contributed by atoms with van der Waals surface area (Å²) in [7, 11) is -7.83. The highest BCUT2D eigenvalue weighted by atomic mass is 32.2. The minimum Gasteiger partial charge on any atom is -0.497 e. The summed E-state index contributed by atoms with van der Waals surface area (Å²) in [5.74, 6) is 0.950. The van der Waals surface area contributed by atoms with Gasteiger partial charge in [-0.1, -0.05) is 139 Å². The van der Waals surface area contributed by atoms with Crippen molar-refractivity contribution in [2.75, 3.05) is 20.3 Å². The van der Waals surface area contributed by atoms with E-state index in [0.29, 0.717) is 6.42 Å². The largest absolute Gasteiger partial charge is 0.497 e. The maximum absolute atomic E-state index is 15.6. The molecular weight excluding hydrogens is 845 g/mol. The number of epoxide rings is 1. The van der Waals surface area contributed by atoms with Crippen LogP contribution in [0.5, 0.6) is 5.75 Å². The summed E-state index contributed by atoms with van der Waals surface area (Å²) < 4.78 is 78.8. The third kappa shape index (κ3) is 9.31. The molecule has 3 aliphatic heterocycles. The smallest absolute Gasteiger partial charge is 0.261 e. The minimum absolute atomic E-state index is 0.0496. The second-order valence-electron chi connectivity index (χ2n) is 19.4. The number of benzene rings is 4. The Kier molecular flexibility index (Phi) is 14.4. The van der Waals surface area contributed by atoms with Gasteiger partial charge in [-0.3, -0.25) is 0 Å². The molecule has 0 unspecified atom stereocenters. The standard InChI is InChI=1S/C51H70O9SSi2/c1-11-62(12-2,13-3)59-45-33-38(5)32-44-47(35-55-48(58-44)39-26-28-40(54-10)29-27-39)57-46(45)34-51(61(52,53)41-30-24-37(4)25-31-41)50(9,60-51)36-56-63(49(6,7)8,42-20-16-14-17-21-42)43-22-18-15-19-23-43/h14-31,38,44-48H,11-13,32-36H2,1-10H3/t38-,44+,45-,46+,47-,48-,50-,51+/m1/s1. The van der Waals surface area contributed by atoms with E-state index in [1.807, 2.05) is 62.4 Å². The van der Waals surface area contributed by atoms with Gasteiger partial charge in [0.15, 0.2) is 14.6 Å². The molecule has 342 valence electrons. The van der Waals surface area contributed by atoms with Crippen LogP contribution in [0.2, 0.25) is 23.2 Å². The third-order valence-electron chi connectivity index (χ3n) is 14.3. The van der Waals surface area contributed by atoms with E-state index in [9.17, 15) is 0 Å². The second-order valence-corrected chi connectivity index (χ2v) is 30.5. The molecule has 3 aliphatic rings. The van der Waals surface area contributed by atoms with Gasteiger partial charge >= 0.3 is 0 Å². The Hall–Kier alpha value is -3.18. The Morgan fingerprint density at radius 1 is 0.778 bits per heavy atom. The van der Waals surface area contributed by atoms with E-state index >= 15 is 8.42 Å². The van der Waals surface area contributed by atoms with Gasteiger partial charge in [0.05, 0.1) is 43.5 Å². The molecule has 0 saturated carbocycles. The van der Waals surface area contributed by atoms with Gasteiger partial charge in [-0.05, 0) is 90.4 Å². The molecule has 0 aliphatic carbocycles. The Morgan fingerprint density at radius 2 is 1.37 bits per heavy atom. The Morgan fingerprint density at radius 3 is 1.90 bits per heavy atom. The van der Waals surface area contributed by atoms with Gasteiger partial charge in [-0.15, -0.1) is 0 Å². The number of ether oxygens (including phenoxy) is 5. The summed E-state index contributed by atoms with van der Waals surface area (Å²) in [4.78, 5) is -1.48. The van der Waals surface area contributed by atoms with Gasteiger partial charge in [0.1, 0.15) is 17.5 Å². The molecule has 63 heavy (non-hydrogen) atoms. The van der Waals surface area contributed by atoms with Crippen molar-refractivity contribution in [2.45, 2.75) is 151 Å². The SMILES string of the molecule is CC[Si](CC)(CC)O[C@@H]1C[C@H](C)C[C@@H]2O[C@H](c3ccc(OC)cc3)OC[C@H]2O[C@H]1C[C@@]1(S(=O)(=O)c2ccc(C)cc2)O[C@]1(C)CO[Si](c1ccccc1)(c1ccccc1)C(C)(C)C. The molecule has 3 fully saturated rings. The van der Waals surface area contributed by atoms with Crippen molar-refractivity contribution in [1.29, 1.82) is 0 Å². The zero-order chi connectivity index (χ0) is 45.3. The average molecular weight is 915 g/mol. The van der Waals surface area contributed by atoms with Crippen LogP contribution in [0.3, 0.4) is 0 Å². The highest BCUT2D eigenvalue weighted by Gasteiger charge is 2.76. The molecule has 9 nitrogen and oxygen atoms in total. The van der Waals surface area contributed by atoms with Crippen LogP contribution in [-0.4, -0.2) is 80.3 Å². The predicted octanol–water partition coefficient (Wildman–Crippen LogP) is 9.92. The quantitative estimate of drug-likeness (QED) is 0.0803. The van der Waals surface area contributed by atoms with Crippen LogP contribution in [0.25, 0.3) is 0 Å². The second kappa shape index (κ2) is 19.0. The van der Waals surface area contributed by atoms with Crippen LogP contribution >= 0.6 is 0 Å². The summed E-state index contributed by atoms with van der Waals surface area (Å²) in [6.07, 6.45) is -0.857. The summed E-state index contributed by atoms with van der Waals surface area (Å²) in [5.41, 5.74) is 0.635. The molecule has 0 bridgehead atoms. The average Bonchev–Trinajstić information content (AvgIpc) is 3.90. The van der Waals surface area contributed by atoms with Crippen LogP contribution in [-0.2, 0) is 37.6 Å². The first-order chi connectivity index (χ1) is 30.0. The highest BCUT2D eigenvalue weighted by molar-refractivity contribution is 7.93. The van der Waals surface area contributed by atoms with E-state index < -0.39 is 55.5 Å². The van der Waals surface area contributed by atoms with Gasteiger partial charge in [0, 0.05) is 12.0 Å². The molecule has 0 aromatic heterocycles. The monoisotopic (exact) mass is 914 g/mol. The van der Waals surface area contributed by atoms with E-state index in [1.165, 1.54) is 0 Å². The molecule has 7 rings (SSSR count). The maximum Gasteiger partial charge on any atom is 0.261 e. The Labute approximate surface area is 379 Å². The van der Waals surface area contributed by atoms with Gasteiger partial charge in [0.25, 0.3) is 8.32 Å². The highest BCUT2D eigenvalue weighted by Crippen LogP contribution is 2.59. The van der Waals surface area contributed by atoms with E-state index in [0.717, 1.165) is 51.8 Å². The van der Waals surface area contributed by atoms with Gasteiger partial charge in [-0.2, -0.15) is 0 Å². The van der Waals surface area contributed by atoms with Crippen LogP contribution in [0, 0.1) is 12.8 Å². The molecule has 12 heteroatoms. The number of aryl methyl sites for hydroxylation is 1. The number of fused-ring (bicyclic) bond motifs is 1. The van der Waals surface area contributed by atoms with Gasteiger partial charge in [-0.25, -0.2) is 8.42 Å². The van der Waals surface area contributed by atoms with Crippen molar-refractivity contribution in [3.8, 4) is 5.75 Å². The van der Waals surface area contributed by atoms with E-state index in [1.54, 1.807) is 19.2 Å². The minimum atomic E-state index is -4.17. The first-order valence-electron chi connectivity index (χ1n) is 23.0. The normalized spacial score (nSPS) is 28.1. The lowest BCUT2D eigenvalue weighted by atomic mass is 9.88. The number of hydrogen-bond donors (Lipinski definition) is 0. The lowest BCUT2D eigenvalue weighted by molar-refractivity contribution is -0.285. The Balaban J connectivity index is 1.30. The molecule has 0 amide bonds. The zero-order valence-electron chi connectivity index (χ0n) is 39.1. The fraction of sp³-hybridized carbons (Fsp3) is 0.529. The Bertz CT molecular complexity index is 2170. The number of sulfone groups is 1. The maximum atomic E-state index is 15.6. The van der Waals surface area contributed by atoms with Gasteiger partial charge in [0.2, 0.25) is 14.8 Å². The molecule has 8 atom stereocenters. The van der Waals surface area contributed by atoms with Crippen molar-refractivity contribution in [3.05, 3.63) is 120 Å². The lowest BCUT2D eigenvalue weighted by Crippen LogP contribution is -2.67. The van der Waals surface area contributed by atoms with Crippen LogP contribution in [0.4, 0.5) is 0 Å². The van der Waals surface area contributed by atoms with Crippen LogP contribution in [0.1, 0.15) is 92.1 Å². The third-order valence-corrected chi connectivity index (χ3v) is 26.3. The van der Waals surface area contributed by atoms with Crippen molar-refractivity contribution < 1.29 is 41.0 Å². The molecule has 3 saturated heterocycles. The molecule has 0 radical (unpaired) electrons. The van der Waals surface area contributed by atoms with E-state index in [2.05, 4.69) is 97.0 Å². The fourth-order valence-electron chi connectivity index (χ4n) is 10.2. The zero-order valence-corrected chi connectivity index (χ0v) is 41.9. The van der Waals surface area contributed by atoms with Crippen molar-refractivity contribution in [1.82, 2.24) is 0 Å². The summed E-state index contributed by atoms with van der Waals surface area (Å²) >= 11 is 0. The first kappa shape index (κ1) is 47.8. The number of hydrogen-bond acceptors (Lipinski definition) is 9. The molecule has 0 spiro atoms. The molecule has 3 heterocycles. The molecular formula is C51H70O9SSi2. The van der Waals surface area contributed by atoms with Crippen LogP contribution in [0.15, 0.2) is 114 Å². The summed E-state index contributed by atoms with van der Waals surface area (Å²) in [5, 5.41) is 1.90. The van der Waals surface area contributed by atoms with Crippen molar-refractivity contribution >= 4 is 36.8 Å². The molecule has 0 N–H and O–H groups in total. The topological polar surface area (TPSA) is 102 Å².